The van der Waals surface area contributed by atoms with Crippen molar-refractivity contribution in [1.82, 2.24) is 15.5 Å². The van der Waals surface area contributed by atoms with E-state index in [2.05, 4.69) is 36.2 Å². The normalized spacial score (nSPS) is 11.9. The molecule has 1 amide bonds. The molecule has 1 aromatic rings. The van der Waals surface area contributed by atoms with Crippen molar-refractivity contribution in [2.45, 2.75) is 11.8 Å². The Morgan fingerprint density at radius 1 is 1.69 bits per heavy atom. The van der Waals surface area contributed by atoms with Crippen LogP contribution in [0.4, 0.5) is 0 Å². The van der Waals surface area contributed by atoms with Crippen LogP contribution in [0.5, 0.6) is 0 Å². The van der Waals surface area contributed by atoms with Gasteiger partial charge in [0.05, 0.1) is 18.9 Å². The average Bonchev–Trinajstić information content (AvgIpc) is 2.70. The van der Waals surface area contributed by atoms with E-state index >= 15 is 0 Å². The average molecular weight is 290 g/mol. The monoisotopic (exact) mass is 289 g/mol. The lowest BCUT2D eigenvalue weighted by Crippen LogP contribution is -2.34. The summed E-state index contributed by atoms with van der Waals surface area (Å²) in [7, 11) is 1.29. The van der Waals surface area contributed by atoms with Gasteiger partial charge in [0.25, 0.3) is 5.91 Å². The van der Waals surface area contributed by atoms with E-state index in [0.717, 1.165) is 0 Å². The highest BCUT2D eigenvalue weighted by molar-refractivity contribution is 9.10. The predicted molar refractivity (Wildman–Crippen MR) is 60.4 cm³/mol. The van der Waals surface area contributed by atoms with E-state index < -0.39 is 10.8 Å². The van der Waals surface area contributed by atoms with E-state index in [1.165, 1.54) is 13.3 Å². The quantitative estimate of drug-likeness (QED) is 0.620. The molecule has 0 aromatic carbocycles. The fraction of sp³-hybridized carbons (Fsp3) is 0.444. The number of aryl methyl sites for hydroxylation is 1. The van der Waals surface area contributed by atoms with Crippen molar-refractivity contribution in [3.05, 3.63) is 17.5 Å². The van der Waals surface area contributed by atoms with Gasteiger partial charge in [-0.1, -0.05) is 15.9 Å². The molecule has 0 radical (unpaired) electrons. The van der Waals surface area contributed by atoms with Crippen molar-refractivity contribution in [3.8, 4) is 0 Å². The summed E-state index contributed by atoms with van der Waals surface area (Å²) in [6.07, 6.45) is 1.44. The number of esters is 1. The maximum atomic E-state index is 11.6. The summed E-state index contributed by atoms with van der Waals surface area (Å²) in [4.78, 5) is 22.1. The number of carbonyl (C=O) groups is 2. The number of nitrogens with one attached hydrogen (secondary N) is 2. The zero-order valence-electron chi connectivity index (χ0n) is 8.91. The van der Waals surface area contributed by atoms with Gasteiger partial charge in [0.1, 0.15) is 4.83 Å². The summed E-state index contributed by atoms with van der Waals surface area (Å²) in [5.41, 5.74) is 1.14. The Bertz CT molecular complexity index is 391. The van der Waals surface area contributed by atoms with E-state index in [4.69, 9.17) is 0 Å². The molecule has 1 heterocycles. The summed E-state index contributed by atoms with van der Waals surface area (Å²) in [6.45, 7) is 1.91. The molecule has 0 fully saturated rings. The highest BCUT2D eigenvalue weighted by Crippen LogP contribution is 2.04. The molecule has 16 heavy (non-hydrogen) atoms. The molecule has 0 aliphatic carbocycles. The molecule has 1 rings (SSSR count). The Labute approximate surface area is 101 Å². The lowest BCUT2D eigenvalue weighted by atomic mass is 10.2. The van der Waals surface area contributed by atoms with Crippen molar-refractivity contribution in [2.75, 3.05) is 13.7 Å². The van der Waals surface area contributed by atoms with Crippen molar-refractivity contribution in [2.24, 2.45) is 0 Å². The van der Waals surface area contributed by atoms with Crippen LogP contribution in [-0.4, -0.2) is 40.6 Å². The third-order valence-corrected chi connectivity index (χ3v) is 2.67. The fourth-order valence-electron chi connectivity index (χ4n) is 1.07. The molecule has 0 saturated heterocycles. The predicted octanol–water partition coefficient (Wildman–Crippen LogP) is 0.384. The Morgan fingerprint density at radius 2 is 2.38 bits per heavy atom. The molecule has 0 bridgehead atoms. The zero-order valence-corrected chi connectivity index (χ0v) is 10.5. The number of rotatable bonds is 4. The number of hydrogen-bond donors (Lipinski definition) is 2. The third-order valence-electron chi connectivity index (χ3n) is 1.97. The molecule has 1 unspecified atom stereocenters. The fourth-order valence-corrected chi connectivity index (χ4v) is 1.42. The van der Waals surface area contributed by atoms with Crippen LogP contribution in [0.1, 0.15) is 16.1 Å². The standard InChI is InChI=1S/C9H12BrN3O3/c1-5-6(3-12-13-5)8(14)11-4-7(10)9(15)16-2/h3,7H,4H2,1-2H3,(H,11,14)(H,12,13). The second-order valence-electron chi connectivity index (χ2n) is 3.11. The molecule has 1 atom stereocenters. The zero-order chi connectivity index (χ0) is 12.1. The van der Waals surface area contributed by atoms with Gasteiger partial charge >= 0.3 is 5.97 Å². The molecule has 0 spiro atoms. The first kappa shape index (κ1) is 12.7. The van der Waals surface area contributed by atoms with Crippen LogP contribution >= 0.6 is 15.9 Å². The van der Waals surface area contributed by atoms with Crippen LogP contribution in [0.3, 0.4) is 0 Å². The third kappa shape index (κ3) is 3.06. The molecule has 6 nitrogen and oxygen atoms in total. The first-order chi connectivity index (χ1) is 7.56. The molecule has 0 aliphatic heterocycles. The van der Waals surface area contributed by atoms with Crippen molar-refractivity contribution in [3.63, 3.8) is 0 Å². The molecular weight excluding hydrogens is 278 g/mol. The minimum absolute atomic E-state index is 0.163. The second-order valence-corrected chi connectivity index (χ2v) is 4.21. The van der Waals surface area contributed by atoms with E-state index in [1.807, 2.05) is 0 Å². The number of hydrogen-bond acceptors (Lipinski definition) is 4. The number of H-pyrrole nitrogens is 1. The summed E-state index contributed by atoms with van der Waals surface area (Å²) in [6, 6.07) is 0. The maximum Gasteiger partial charge on any atom is 0.321 e. The van der Waals surface area contributed by atoms with Gasteiger partial charge in [-0.2, -0.15) is 5.10 Å². The highest BCUT2D eigenvalue weighted by atomic mass is 79.9. The van der Waals surface area contributed by atoms with Crippen LogP contribution < -0.4 is 5.32 Å². The van der Waals surface area contributed by atoms with Crippen LogP contribution in [-0.2, 0) is 9.53 Å². The number of amides is 1. The number of halogens is 1. The van der Waals surface area contributed by atoms with Gasteiger partial charge in [-0.25, -0.2) is 0 Å². The Morgan fingerprint density at radius 3 is 2.88 bits per heavy atom. The van der Waals surface area contributed by atoms with Crippen molar-refractivity contribution in [1.29, 1.82) is 0 Å². The van der Waals surface area contributed by atoms with Crippen LogP contribution in [0.2, 0.25) is 0 Å². The van der Waals surface area contributed by atoms with Crippen molar-refractivity contribution < 1.29 is 14.3 Å². The van der Waals surface area contributed by atoms with Gasteiger partial charge < -0.3 is 10.1 Å². The Kier molecular flexibility index (Phi) is 4.48. The maximum absolute atomic E-state index is 11.6. The minimum Gasteiger partial charge on any atom is -0.468 e. The molecule has 7 heteroatoms. The number of aromatic amines is 1. The number of aromatic nitrogens is 2. The molecular formula is C9H12BrN3O3. The smallest absolute Gasteiger partial charge is 0.321 e. The van der Waals surface area contributed by atoms with E-state index in [1.54, 1.807) is 6.92 Å². The first-order valence-corrected chi connectivity index (χ1v) is 5.48. The summed E-state index contributed by atoms with van der Waals surface area (Å²) in [5.74, 6) is -0.705. The minimum atomic E-state index is -0.548. The molecule has 88 valence electrons. The first-order valence-electron chi connectivity index (χ1n) is 4.56. The molecule has 0 saturated carbocycles. The summed E-state index contributed by atoms with van der Waals surface area (Å²) in [5, 5.41) is 8.98. The number of alkyl halides is 1. The molecule has 2 N–H and O–H groups in total. The topological polar surface area (TPSA) is 84.1 Å². The molecule has 1 aromatic heterocycles. The van der Waals surface area contributed by atoms with Crippen LogP contribution in [0, 0.1) is 6.92 Å². The second kappa shape index (κ2) is 5.64. The van der Waals surface area contributed by atoms with Gasteiger partial charge in [0.15, 0.2) is 0 Å². The number of carbonyl (C=O) groups excluding carboxylic acids is 2. The summed E-state index contributed by atoms with van der Waals surface area (Å²) < 4.78 is 4.50. The van der Waals surface area contributed by atoms with E-state index in [9.17, 15) is 9.59 Å². The largest absolute Gasteiger partial charge is 0.468 e. The van der Waals surface area contributed by atoms with Gasteiger partial charge in [-0.05, 0) is 6.92 Å². The van der Waals surface area contributed by atoms with Crippen LogP contribution in [0.25, 0.3) is 0 Å². The van der Waals surface area contributed by atoms with Crippen LogP contribution in [0.15, 0.2) is 6.20 Å². The Hall–Kier alpha value is -1.37. The number of nitrogens with zero attached hydrogens (tertiary/aromatic N) is 1. The van der Waals surface area contributed by atoms with E-state index in [-0.39, 0.29) is 12.5 Å². The van der Waals surface area contributed by atoms with E-state index in [0.29, 0.717) is 11.3 Å². The number of ether oxygens (including phenoxy) is 1. The highest BCUT2D eigenvalue weighted by Gasteiger charge is 2.17. The van der Waals surface area contributed by atoms with Gasteiger partial charge in [-0.3, -0.25) is 14.7 Å². The SMILES string of the molecule is COC(=O)C(Br)CNC(=O)c1cn[nH]c1C. The van der Waals surface area contributed by atoms with Crippen molar-refractivity contribution >= 4 is 27.8 Å². The lowest BCUT2D eigenvalue weighted by molar-refractivity contribution is -0.139. The van der Waals surface area contributed by atoms with Gasteiger partial charge in [0, 0.05) is 12.2 Å². The Balaban J connectivity index is 2.48. The lowest BCUT2D eigenvalue weighted by Gasteiger charge is -2.08. The number of methoxy groups -OCH3 is 1. The molecule has 0 aliphatic rings. The van der Waals surface area contributed by atoms with Gasteiger partial charge in [0.2, 0.25) is 0 Å². The summed E-state index contributed by atoms with van der Waals surface area (Å²) >= 11 is 3.10. The van der Waals surface area contributed by atoms with Gasteiger partial charge in [-0.15, -0.1) is 0 Å².